The monoisotopic (exact) mass is 226 g/mol. The lowest BCUT2D eigenvalue weighted by molar-refractivity contribution is -0.139. The molecule has 0 aromatic heterocycles. The van der Waals surface area contributed by atoms with Gasteiger partial charge < -0.3 is 14.2 Å². The summed E-state index contributed by atoms with van der Waals surface area (Å²) in [7, 11) is 0. The SMILES string of the molecule is C=CC(=O)O/C=C(\C)C(=O)OCCC1CO1. The van der Waals surface area contributed by atoms with Gasteiger partial charge >= 0.3 is 11.9 Å². The second kappa shape index (κ2) is 6.07. The first-order chi connectivity index (χ1) is 7.63. The van der Waals surface area contributed by atoms with Crippen molar-refractivity contribution in [2.45, 2.75) is 19.4 Å². The third-order valence-electron chi connectivity index (χ3n) is 1.92. The third-order valence-corrected chi connectivity index (χ3v) is 1.92. The smallest absolute Gasteiger partial charge is 0.336 e. The lowest BCUT2D eigenvalue weighted by atomic mass is 10.3. The van der Waals surface area contributed by atoms with E-state index in [1.54, 1.807) is 0 Å². The van der Waals surface area contributed by atoms with Gasteiger partial charge in [-0.15, -0.1) is 0 Å². The molecule has 5 nitrogen and oxygen atoms in total. The summed E-state index contributed by atoms with van der Waals surface area (Å²) in [6.45, 7) is 5.78. The van der Waals surface area contributed by atoms with Gasteiger partial charge in [0.25, 0.3) is 0 Å². The minimum Gasteiger partial charge on any atom is -0.462 e. The standard InChI is InChI=1S/C11H14O5/c1-3-10(12)16-6-8(2)11(13)14-5-4-9-7-15-9/h3,6,9H,1,4-5,7H2,2H3/b8-6+. The summed E-state index contributed by atoms with van der Waals surface area (Å²) >= 11 is 0. The first kappa shape index (κ1) is 12.4. The molecule has 0 amide bonds. The summed E-state index contributed by atoms with van der Waals surface area (Å²) in [4.78, 5) is 22.0. The zero-order valence-corrected chi connectivity index (χ0v) is 9.10. The molecule has 0 aromatic rings. The van der Waals surface area contributed by atoms with E-state index in [1.165, 1.54) is 6.92 Å². The highest BCUT2D eigenvalue weighted by Gasteiger charge is 2.22. The van der Waals surface area contributed by atoms with Crippen molar-refractivity contribution >= 4 is 11.9 Å². The molecule has 16 heavy (non-hydrogen) atoms. The molecule has 0 bridgehead atoms. The molecule has 1 saturated heterocycles. The first-order valence-electron chi connectivity index (χ1n) is 4.92. The van der Waals surface area contributed by atoms with E-state index in [0.717, 1.165) is 18.9 Å². The van der Waals surface area contributed by atoms with Crippen LogP contribution in [0.2, 0.25) is 0 Å². The van der Waals surface area contributed by atoms with Gasteiger partial charge in [0.2, 0.25) is 0 Å². The van der Waals surface area contributed by atoms with Crippen LogP contribution in [0.1, 0.15) is 13.3 Å². The summed E-state index contributed by atoms with van der Waals surface area (Å²) in [5.41, 5.74) is 0.229. The van der Waals surface area contributed by atoms with Crippen LogP contribution in [0.25, 0.3) is 0 Å². The number of epoxide rings is 1. The second-order valence-corrected chi connectivity index (χ2v) is 3.32. The molecule has 1 unspecified atom stereocenters. The Morgan fingerprint density at radius 1 is 1.56 bits per heavy atom. The van der Waals surface area contributed by atoms with Crippen molar-refractivity contribution in [3.05, 3.63) is 24.5 Å². The van der Waals surface area contributed by atoms with Crippen molar-refractivity contribution in [3.8, 4) is 0 Å². The Morgan fingerprint density at radius 3 is 2.81 bits per heavy atom. The lowest BCUT2D eigenvalue weighted by Gasteiger charge is -2.03. The Bertz CT molecular complexity index is 314. The quantitative estimate of drug-likeness (QED) is 0.292. The van der Waals surface area contributed by atoms with E-state index in [9.17, 15) is 9.59 Å². The molecule has 0 aliphatic carbocycles. The van der Waals surface area contributed by atoms with Gasteiger partial charge in [-0.3, -0.25) is 0 Å². The number of esters is 2. The molecule has 1 aliphatic rings. The van der Waals surface area contributed by atoms with E-state index >= 15 is 0 Å². The van der Waals surface area contributed by atoms with E-state index in [4.69, 9.17) is 9.47 Å². The zero-order valence-electron chi connectivity index (χ0n) is 9.10. The van der Waals surface area contributed by atoms with E-state index in [-0.39, 0.29) is 11.7 Å². The number of hydrogen-bond donors (Lipinski definition) is 0. The van der Waals surface area contributed by atoms with Gasteiger partial charge in [0.1, 0.15) is 6.26 Å². The van der Waals surface area contributed by atoms with Gasteiger partial charge in [0, 0.05) is 12.5 Å². The van der Waals surface area contributed by atoms with Crippen LogP contribution in [0.3, 0.4) is 0 Å². The van der Waals surface area contributed by atoms with Gasteiger partial charge in [-0.25, -0.2) is 9.59 Å². The minimum atomic E-state index is -0.612. The molecule has 88 valence electrons. The van der Waals surface area contributed by atoms with Crippen molar-refractivity contribution in [3.63, 3.8) is 0 Å². The highest BCUT2D eigenvalue weighted by molar-refractivity contribution is 5.88. The van der Waals surface area contributed by atoms with Crippen molar-refractivity contribution < 1.29 is 23.8 Å². The molecular weight excluding hydrogens is 212 g/mol. The Morgan fingerprint density at radius 2 is 2.25 bits per heavy atom. The average Bonchev–Trinajstić information content (AvgIpc) is 3.09. The van der Waals surface area contributed by atoms with E-state index < -0.39 is 11.9 Å². The summed E-state index contributed by atoms with van der Waals surface area (Å²) in [6, 6.07) is 0. The van der Waals surface area contributed by atoms with E-state index in [2.05, 4.69) is 11.3 Å². The topological polar surface area (TPSA) is 65.1 Å². The Labute approximate surface area is 93.7 Å². The number of rotatable bonds is 6. The Hall–Kier alpha value is -1.62. The molecule has 0 radical (unpaired) electrons. The maximum atomic E-state index is 11.3. The molecule has 1 rings (SSSR count). The number of ether oxygens (including phenoxy) is 3. The molecule has 0 spiro atoms. The minimum absolute atomic E-state index is 0.229. The van der Waals surface area contributed by atoms with Crippen LogP contribution in [-0.2, 0) is 23.8 Å². The van der Waals surface area contributed by atoms with Crippen molar-refractivity contribution in [2.24, 2.45) is 0 Å². The molecule has 0 N–H and O–H groups in total. The first-order valence-corrected chi connectivity index (χ1v) is 4.92. The molecule has 1 heterocycles. The zero-order chi connectivity index (χ0) is 12.0. The van der Waals surface area contributed by atoms with Gasteiger partial charge in [0.05, 0.1) is 24.9 Å². The van der Waals surface area contributed by atoms with Crippen LogP contribution in [-0.4, -0.2) is 31.3 Å². The summed E-state index contributed by atoms with van der Waals surface area (Å²) < 4.78 is 14.4. The molecule has 0 saturated carbocycles. The summed E-state index contributed by atoms with van der Waals surface area (Å²) in [5, 5.41) is 0. The molecule has 1 atom stereocenters. The van der Waals surface area contributed by atoms with Crippen molar-refractivity contribution in [2.75, 3.05) is 13.2 Å². The van der Waals surface area contributed by atoms with Crippen LogP contribution in [0.4, 0.5) is 0 Å². The molecular formula is C11H14O5. The fourth-order valence-electron chi connectivity index (χ4n) is 0.874. The Kier molecular flexibility index (Phi) is 4.72. The van der Waals surface area contributed by atoms with E-state index in [1.807, 2.05) is 0 Å². The Balaban J connectivity index is 2.22. The molecule has 0 aromatic carbocycles. The predicted octanol–water partition coefficient (Wildman–Crippen LogP) is 0.951. The van der Waals surface area contributed by atoms with Crippen LogP contribution < -0.4 is 0 Å². The molecule has 1 aliphatic heterocycles. The van der Waals surface area contributed by atoms with Gasteiger partial charge in [-0.2, -0.15) is 0 Å². The van der Waals surface area contributed by atoms with Crippen LogP contribution in [0.5, 0.6) is 0 Å². The lowest BCUT2D eigenvalue weighted by Crippen LogP contribution is -2.09. The molecule has 1 fully saturated rings. The predicted molar refractivity (Wildman–Crippen MR) is 55.4 cm³/mol. The third kappa shape index (κ3) is 4.75. The average molecular weight is 226 g/mol. The number of hydrogen-bond acceptors (Lipinski definition) is 5. The fraction of sp³-hybridized carbons (Fsp3) is 0.455. The van der Waals surface area contributed by atoms with Gasteiger partial charge in [-0.1, -0.05) is 6.58 Å². The van der Waals surface area contributed by atoms with Crippen LogP contribution in [0.15, 0.2) is 24.5 Å². The van der Waals surface area contributed by atoms with Crippen molar-refractivity contribution in [1.82, 2.24) is 0 Å². The summed E-state index contributed by atoms with van der Waals surface area (Å²) in [6.07, 6.45) is 3.00. The van der Waals surface area contributed by atoms with Crippen LogP contribution >= 0.6 is 0 Å². The van der Waals surface area contributed by atoms with Gasteiger partial charge in [-0.05, 0) is 6.92 Å². The van der Waals surface area contributed by atoms with E-state index in [0.29, 0.717) is 13.0 Å². The second-order valence-electron chi connectivity index (χ2n) is 3.32. The number of carbonyl (C=O) groups excluding carboxylic acids is 2. The maximum Gasteiger partial charge on any atom is 0.336 e. The highest BCUT2D eigenvalue weighted by atomic mass is 16.6. The largest absolute Gasteiger partial charge is 0.462 e. The van der Waals surface area contributed by atoms with Gasteiger partial charge in [0.15, 0.2) is 0 Å². The molecule has 5 heteroatoms. The number of carbonyl (C=O) groups is 2. The normalized spacial score (nSPS) is 18.8. The van der Waals surface area contributed by atoms with Crippen molar-refractivity contribution in [1.29, 1.82) is 0 Å². The summed E-state index contributed by atoms with van der Waals surface area (Å²) in [5.74, 6) is -1.11. The van der Waals surface area contributed by atoms with Crippen LogP contribution in [0, 0.1) is 0 Å². The highest BCUT2D eigenvalue weighted by Crippen LogP contribution is 2.13. The fourth-order valence-corrected chi connectivity index (χ4v) is 0.874. The maximum absolute atomic E-state index is 11.3.